The molecule has 0 bridgehead atoms. The minimum absolute atomic E-state index is 0.232. The van der Waals surface area contributed by atoms with Crippen LogP contribution >= 0.6 is 0 Å². The van der Waals surface area contributed by atoms with Gasteiger partial charge in [-0.1, -0.05) is 17.8 Å². The molecule has 0 N–H and O–H groups in total. The highest BCUT2D eigenvalue weighted by Gasteiger charge is 1.93. The zero-order chi connectivity index (χ0) is 10.6. The number of rotatable bonds is 3. The molecule has 0 aromatic heterocycles. The van der Waals surface area contributed by atoms with Crippen LogP contribution in [0.2, 0.25) is 0 Å². The van der Waals surface area contributed by atoms with Crippen LogP contribution in [-0.2, 0) is 9.47 Å². The second-order valence-electron chi connectivity index (χ2n) is 2.01. The van der Waals surface area contributed by atoms with E-state index < -0.39 is 6.10 Å². The van der Waals surface area contributed by atoms with Crippen LogP contribution in [0.15, 0.2) is 0 Å². The van der Waals surface area contributed by atoms with Crippen LogP contribution < -0.4 is 0 Å². The number of terminal acetylenes is 1. The van der Waals surface area contributed by atoms with E-state index in [1.165, 1.54) is 7.11 Å². The highest BCUT2D eigenvalue weighted by atomic mass is 16.5. The summed E-state index contributed by atoms with van der Waals surface area (Å²) in [6.07, 6.45) is 4.40. The summed E-state index contributed by atoms with van der Waals surface area (Å²) in [6.45, 7) is 0.467. The lowest BCUT2D eigenvalue weighted by atomic mass is 10.3. The summed E-state index contributed by atoms with van der Waals surface area (Å²) < 4.78 is 9.77. The van der Waals surface area contributed by atoms with E-state index in [1.54, 1.807) is 6.07 Å². The van der Waals surface area contributed by atoms with Crippen LogP contribution in [0, 0.1) is 47.4 Å². The molecule has 0 fully saturated rings. The van der Waals surface area contributed by atoms with E-state index in [9.17, 15) is 0 Å². The summed E-state index contributed by atoms with van der Waals surface area (Å²) in [5.74, 6) is 12.4. The lowest BCUT2D eigenvalue weighted by molar-refractivity contribution is 0.188. The Bertz CT molecular complexity index is 351. The monoisotopic (exact) mass is 187 g/mol. The SMILES string of the molecule is C#CCOCC#CC(C#CC#N)OC. The normalized spacial score (nSPS) is 9.36. The summed E-state index contributed by atoms with van der Waals surface area (Å²) in [6, 6.07) is 1.68. The summed E-state index contributed by atoms with van der Waals surface area (Å²) in [5.41, 5.74) is 0. The Balaban J connectivity index is 3.93. The van der Waals surface area contributed by atoms with Crippen molar-refractivity contribution in [3.05, 3.63) is 0 Å². The molecule has 0 amide bonds. The average molecular weight is 187 g/mol. The Morgan fingerprint density at radius 1 is 1.36 bits per heavy atom. The molecule has 0 aromatic carbocycles. The Hall–Kier alpha value is -1.91. The minimum atomic E-state index is -0.552. The lowest BCUT2D eigenvalue weighted by Gasteiger charge is -1.96. The van der Waals surface area contributed by atoms with Gasteiger partial charge in [0.15, 0.2) is 12.2 Å². The van der Waals surface area contributed by atoms with Gasteiger partial charge in [-0.25, -0.2) is 0 Å². The first kappa shape index (κ1) is 12.1. The molecule has 0 aliphatic heterocycles. The van der Waals surface area contributed by atoms with Crippen molar-refractivity contribution < 1.29 is 9.47 Å². The maximum atomic E-state index is 8.18. The quantitative estimate of drug-likeness (QED) is 0.467. The Kier molecular flexibility index (Phi) is 7.93. The van der Waals surface area contributed by atoms with Gasteiger partial charge >= 0.3 is 0 Å². The topological polar surface area (TPSA) is 42.2 Å². The van der Waals surface area contributed by atoms with E-state index in [-0.39, 0.29) is 13.2 Å². The molecular weight excluding hydrogens is 178 g/mol. The molecule has 0 aliphatic carbocycles. The Morgan fingerprint density at radius 2 is 2.14 bits per heavy atom. The number of methoxy groups -OCH3 is 1. The maximum absolute atomic E-state index is 8.18. The van der Waals surface area contributed by atoms with Gasteiger partial charge in [-0.3, -0.25) is 0 Å². The van der Waals surface area contributed by atoms with Crippen LogP contribution in [0.4, 0.5) is 0 Å². The van der Waals surface area contributed by atoms with Gasteiger partial charge in [0.05, 0.1) is 0 Å². The number of nitrogens with zero attached hydrogens (tertiary/aromatic N) is 1. The van der Waals surface area contributed by atoms with Gasteiger partial charge in [0.1, 0.15) is 13.2 Å². The van der Waals surface area contributed by atoms with Crippen molar-refractivity contribution in [2.24, 2.45) is 0 Å². The zero-order valence-corrected chi connectivity index (χ0v) is 7.83. The molecule has 1 atom stereocenters. The van der Waals surface area contributed by atoms with Crippen LogP contribution in [0.5, 0.6) is 0 Å². The molecule has 0 saturated carbocycles. The Labute approximate surface area is 84.0 Å². The second kappa shape index (κ2) is 9.18. The fourth-order valence-electron chi connectivity index (χ4n) is 0.547. The predicted molar refractivity (Wildman–Crippen MR) is 51.6 cm³/mol. The van der Waals surface area contributed by atoms with Gasteiger partial charge in [-0.05, 0) is 5.92 Å². The molecule has 0 rings (SSSR count). The number of nitriles is 1. The lowest BCUT2D eigenvalue weighted by Crippen LogP contribution is -2.04. The summed E-state index contributed by atoms with van der Waals surface area (Å²) in [5, 5.41) is 8.18. The third-order valence-electron chi connectivity index (χ3n) is 1.09. The van der Waals surface area contributed by atoms with Gasteiger partial charge in [0.25, 0.3) is 0 Å². The summed E-state index contributed by atoms with van der Waals surface area (Å²) in [4.78, 5) is 0. The summed E-state index contributed by atoms with van der Waals surface area (Å²) >= 11 is 0. The fourth-order valence-corrected chi connectivity index (χ4v) is 0.547. The smallest absolute Gasteiger partial charge is 0.180 e. The van der Waals surface area contributed by atoms with Crippen LogP contribution in [0.3, 0.4) is 0 Å². The summed E-state index contributed by atoms with van der Waals surface area (Å²) in [7, 11) is 1.47. The number of hydrogen-bond donors (Lipinski definition) is 0. The highest BCUT2D eigenvalue weighted by molar-refractivity contribution is 5.26. The molecule has 1 unspecified atom stereocenters. The van der Waals surface area contributed by atoms with E-state index in [0.29, 0.717) is 0 Å². The van der Waals surface area contributed by atoms with Crippen molar-refractivity contribution in [2.75, 3.05) is 20.3 Å². The van der Waals surface area contributed by atoms with Crippen LogP contribution in [0.1, 0.15) is 0 Å². The fraction of sp³-hybridized carbons (Fsp3) is 0.364. The molecule has 0 radical (unpaired) electrons. The van der Waals surface area contributed by atoms with Crippen LogP contribution in [0.25, 0.3) is 0 Å². The van der Waals surface area contributed by atoms with Crippen LogP contribution in [-0.4, -0.2) is 26.4 Å². The third kappa shape index (κ3) is 6.78. The van der Waals surface area contributed by atoms with Gasteiger partial charge in [0.2, 0.25) is 0 Å². The van der Waals surface area contributed by atoms with Gasteiger partial charge in [0, 0.05) is 13.0 Å². The molecule has 0 spiro atoms. The van der Waals surface area contributed by atoms with E-state index in [1.807, 2.05) is 0 Å². The molecule has 3 heteroatoms. The minimum Gasteiger partial charge on any atom is -0.357 e. The average Bonchev–Trinajstić information content (AvgIpc) is 2.22. The molecule has 14 heavy (non-hydrogen) atoms. The van der Waals surface area contributed by atoms with E-state index in [2.05, 4.69) is 29.6 Å². The number of hydrogen-bond acceptors (Lipinski definition) is 3. The standard InChI is InChI=1S/C11H9NO2/c1-3-9-14-10-5-7-11(13-2)6-4-8-12/h1,11H,9-10H2,2H3. The zero-order valence-electron chi connectivity index (χ0n) is 7.83. The Morgan fingerprint density at radius 3 is 2.71 bits per heavy atom. The molecule has 0 aromatic rings. The second-order valence-corrected chi connectivity index (χ2v) is 2.01. The first-order chi connectivity index (χ1) is 6.85. The molecule has 0 aliphatic rings. The van der Waals surface area contributed by atoms with E-state index in [0.717, 1.165) is 0 Å². The van der Waals surface area contributed by atoms with Crippen molar-refractivity contribution in [3.63, 3.8) is 0 Å². The first-order valence-corrected chi connectivity index (χ1v) is 3.77. The number of ether oxygens (including phenoxy) is 2. The van der Waals surface area contributed by atoms with Gasteiger partial charge < -0.3 is 9.47 Å². The molecule has 70 valence electrons. The molecular formula is C11H9NO2. The van der Waals surface area contributed by atoms with Crippen molar-refractivity contribution in [3.8, 4) is 42.1 Å². The third-order valence-corrected chi connectivity index (χ3v) is 1.09. The van der Waals surface area contributed by atoms with Gasteiger partial charge in [-0.2, -0.15) is 5.26 Å². The highest BCUT2D eigenvalue weighted by Crippen LogP contribution is 1.83. The molecule has 0 saturated heterocycles. The van der Waals surface area contributed by atoms with Crippen molar-refractivity contribution in [1.82, 2.24) is 0 Å². The van der Waals surface area contributed by atoms with Crippen molar-refractivity contribution in [1.29, 1.82) is 5.26 Å². The van der Waals surface area contributed by atoms with Crippen molar-refractivity contribution >= 4 is 0 Å². The maximum Gasteiger partial charge on any atom is 0.180 e. The van der Waals surface area contributed by atoms with E-state index >= 15 is 0 Å². The van der Waals surface area contributed by atoms with Gasteiger partial charge in [-0.15, -0.1) is 6.42 Å². The largest absolute Gasteiger partial charge is 0.357 e. The first-order valence-electron chi connectivity index (χ1n) is 3.77. The predicted octanol–water partition coefficient (Wildman–Crippen LogP) is 0.182. The molecule has 0 heterocycles. The molecule has 3 nitrogen and oxygen atoms in total. The van der Waals surface area contributed by atoms with Crippen molar-refractivity contribution in [2.45, 2.75) is 6.10 Å². The van der Waals surface area contributed by atoms with E-state index in [4.69, 9.17) is 21.2 Å².